The van der Waals surface area contributed by atoms with E-state index in [1.165, 1.54) is 13.8 Å². The summed E-state index contributed by atoms with van der Waals surface area (Å²) in [5.74, 6) is -3.56. The molecule has 0 heterocycles. The van der Waals surface area contributed by atoms with Crippen LogP contribution in [0.1, 0.15) is 41.5 Å². The van der Waals surface area contributed by atoms with E-state index in [2.05, 4.69) is 0 Å². The molecule has 28 heavy (non-hydrogen) atoms. The minimum Gasteiger partial charge on any atom is -0.463 e. The zero-order valence-electron chi connectivity index (χ0n) is 16.7. The van der Waals surface area contributed by atoms with Crippen molar-refractivity contribution in [2.45, 2.75) is 66.1 Å². The fourth-order valence-corrected chi connectivity index (χ4v) is 2.13. The molecule has 0 fully saturated rings. The van der Waals surface area contributed by atoms with Crippen molar-refractivity contribution in [1.82, 2.24) is 0 Å². The molecule has 0 amide bonds. The molecule has 0 radical (unpaired) electrons. The number of ether oxygens (including phenoxy) is 6. The van der Waals surface area contributed by atoms with Gasteiger partial charge in [0.2, 0.25) is 12.4 Å². The van der Waals surface area contributed by atoms with Crippen LogP contribution in [0.15, 0.2) is 0 Å². The quantitative estimate of drug-likeness (QED) is 0.202. The fourth-order valence-electron chi connectivity index (χ4n) is 2.13. The van der Waals surface area contributed by atoms with Crippen LogP contribution in [0, 0.1) is 0 Å². The van der Waals surface area contributed by atoms with E-state index < -0.39 is 54.4 Å². The van der Waals surface area contributed by atoms with Crippen molar-refractivity contribution in [3.8, 4) is 0 Å². The van der Waals surface area contributed by atoms with Gasteiger partial charge < -0.3 is 28.4 Å². The summed E-state index contributed by atoms with van der Waals surface area (Å²) in [5, 5.41) is 0. The molecule has 4 atom stereocenters. The van der Waals surface area contributed by atoms with Crippen molar-refractivity contribution in [2.75, 3.05) is 13.2 Å². The zero-order chi connectivity index (χ0) is 21.9. The SMILES string of the molecule is CC(=O)OCCO[C@@H](OC(C)=O)[C@@H](OC(C)=O)[C@H](OC(C)=O)[C@H](C)OC(C)=O. The second-order valence-electron chi connectivity index (χ2n) is 5.65. The predicted octanol–water partition coefficient (Wildman–Crippen LogP) is 0.270. The normalized spacial score (nSPS) is 14.6. The van der Waals surface area contributed by atoms with Gasteiger partial charge in [0, 0.05) is 34.6 Å². The van der Waals surface area contributed by atoms with Crippen LogP contribution >= 0.6 is 0 Å². The predicted molar refractivity (Wildman–Crippen MR) is 90.5 cm³/mol. The van der Waals surface area contributed by atoms with Crippen LogP contribution in [0.4, 0.5) is 0 Å². The molecule has 0 N–H and O–H groups in total. The van der Waals surface area contributed by atoms with Crippen LogP contribution in [0.3, 0.4) is 0 Å². The number of rotatable bonds is 11. The van der Waals surface area contributed by atoms with E-state index in [0.717, 1.165) is 27.7 Å². The molecular weight excluding hydrogens is 380 g/mol. The zero-order valence-corrected chi connectivity index (χ0v) is 16.7. The lowest BCUT2D eigenvalue weighted by Crippen LogP contribution is -2.51. The molecule has 0 aromatic heterocycles. The van der Waals surface area contributed by atoms with Gasteiger partial charge in [-0.25, -0.2) is 0 Å². The number of carbonyl (C=O) groups is 5. The fraction of sp³-hybridized carbons (Fsp3) is 0.706. The molecule has 0 unspecified atom stereocenters. The molecule has 160 valence electrons. The summed E-state index contributed by atoms with van der Waals surface area (Å²) < 4.78 is 30.4. The first-order chi connectivity index (χ1) is 12.9. The van der Waals surface area contributed by atoms with Crippen LogP contribution in [0.5, 0.6) is 0 Å². The minimum absolute atomic E-state index is 0.169. The van der Waals surface area contributed by atoms with E-state index in [1.54, 1.807) is 0 Å². The highest BCUT2D eigenvalue weighted by atomic mass is 16.7. The number of hydrogen-bond acceptors (Lipinski definition) is 11. The molecule has 0 aromatic rings. The maximum absolute atomic E-state index is 11.6. The standard InChI is InChI=1S/C17H26O11/c1-9(25-11(3)19)15(26-12(4)20)16(27-13(5)21)17(28-14(6)22)24-8-7-23-10(2)18/h9,15-17H,7-8H2,1-6H3/t9-,15+,16-,17-/m0/s1. The van der Waals surface area contributed by atoms with Gasteiger partial charge in [0.05, 0.1) is 6.61 Å². The van der Waals surface area contributed by atoms with E-state index in [0.29, 0.717) is 0 Å². The van der Waals surface area contributed by atoms with Crippen molar-refractivity contribution >= 4 is 29.8 Å². The van der Waals surface area contributed by atoms with Crippen LogP contribution in [-0.2, 0) is 52.4 Å². The molecule has 0 spiro atoms. The molecule has 11 heteroatoms. The summed E-state index contributed by atoms with van der Waals surface area (Å²) in [6.07, 6.45) is -5.40. The van der Waals surface area contributed by atoms with Crippen molar-refractivity contribution in [3.05, 3.63) is 0 Å². The second-order valence-corrected chi connectivity index (χ2v) is 5.65. The van der Waals surface area contributed by atoms with E-state index in [9.17, 15) is 24.0 Å². The summed E-state index contributed by atoms with van der Waals surface area (Å²) in [5.41, 5.74) is 0. The topological polar surface area (TPSA) is 141 Å². The maximum Gasteiger partial charge on any atom is 0.305 e. The van der Waals surface area contributed by atoms with Crippen molar-refractivity contribution in [1.29, 1.82) is 0 Å². The van der Waals surface area contributed by atoms with Gasteiger partial charge in [-0.05, 0) is 6.92 Å². The van der Waals surface area contributed by atoms with E-state index in [-0.39, 0.29) is 13.2 Å². The lowest BCUT2D eigenvalue weighted by molar-refractivity contribution is -0.239. The Morgan fingerprint density at radius 2 is 1.07 bits per heavy atom. The Labute approximate surface area is 162 Å². The molecule has 0 saturated carbocycles. The van der Waals surface area contributed by atoms with Gasteiger partial charge in [0.25, 0.3) is 0 Å². The first-order valence-corrected chi connectivity index (χ1v) is 8.37. The molecule has 0 saturated heterocycles. The smallest absolute Gasteiger partial charge is 0.305 e. The molecule has 0 bridgehead atoms. The Balaban J connectivity index is 5.66. The molecule has 0 rings (SSSR count). The van der Waals surface area contributed by atoms with Crippen LogP contribution in [-0.4, -0.2) is 67.7 Å². The van der Waals surface area contributed by atoms with Crippen molar-refractivity contribution in [2.24, 2.45) is 0 Å². The summed E-state index contributed by atoms with van der Waals surface area (Å²) in [4.78, 5) is 56.6. The summed E-state index contributed by atoms with van der Waals surface area (Å²) >= 11 is 0. The Hall–Kier alpha value is -2.69. The molecule has 0 aliphatic heterocycles. The van der Waals surface area contributed by atoms with E-state index >= 15 is 0 Å². The second kappa shape index (κ2) is 12.7. The van der Waals surface area contributed by atoms with Crippen LogP contribution in [0.25, 0.3) is 0 Å². The van der Waals surface area contributed by atoms with Crippen LogP contribution < -0.4 is 0 Å². The average molecular weight is 406 g/mol. The Kier molecular flexibility index (Phi) is 11.4. The third-order valence-corrected chi connectivity index (χ3v) is 2.96. The van der Waals surface area contributed by atoms with Gasteiger partial charge >= 0.3 is 29.8 Å². The van der Waals surface area contributed by atoms with Crippen molar-refractivity contribution in [3.63, 3.8) is 0 Å². The number of hydrogen-bond donors (Lipinski definition) is 0. The average Bonchev–Trinajstić information content (AvgIpc) is 2.51. The first kappa shape index (κ1) is 25.3. The number of carbonyl (C=O) groups excluding carboxylic acids is 5. The molecular formula is C17H26O11. The Bertz CT molecular complexity index is 571. The van der Waals surface area contributed by atoms with Gasteiger partial charge in [-0.3, -0.25) is 24.0 Å². The molecule has 0 aliphatic rings. The number of esters is 5. The minimum atomic E-state index is -1.53. The van der Waals surface area contributed by atoms with Gasteiger partial charge in [0.1, 0.15) is 12.7 Å². The lowest BCUT2D eigenvalue weighted by Gasteiger charge is -2.34. The van der Waals surface area contributed by atoms with Gasteiger partial charge in [-0.2, -0.15) is 0 Å². The highest BCUT2D eigenvalue weighted by Gasteiger charge is 2.42. The van der Waals surface area contributed by atoms with Crippen molar-refractivity contribution < 1.29 is 52.4 Å². The van der Waals surface area contributed by atoms with Gasteiger partial charge in [-0.15, -0.1) is 0 Å². The van der Waals surface area contributed by atoms with E-state index in [4.69, 9.17) is 28.4 Å². The van der Waals surface area contributed by atoms with E-state index in [1.807, 2.05) is 0 Å². The Morgan fingerprint density at radius 3 is 1.50 bits per heavy atom. The molecule has 0 aliphatic carbocycles. The lowest BCUT2D eigenvalue weighted by atomic mass is 10.1. The first-order valence-electron chi connectivity index (χ1n) is 8.37. The van der Waals surface area contributed by atoms with Gasteiger partial charge in [-0.1, -0.05) is 0 Å². The molecule has 11 nitrogen and oxygen atoms in total. The highest BCUT2D eigenvalue weighted by molar-refractivity contribution is 5.69. The Morgan fingerprint density at radius 1 is 0.607 bits per heavy atom. The van der Waals surface area contributed by atoms with Gasteiger partial charge in [0.15, 0.2) is 6.10 Å². The molecule has 0 aromatic carbocycles. The maximum atomic E-state index is 11.6. The summed E-state index contributed by atoms with van der Waals surface area (Å²) in [6.45, 7) is 6.61. The largest absolute Gasteiger partial charge is 0.463 e. The monoisotopic (exact) mass is 406 g/mol. The third kappa shape index (κ3) is 11.1. The van der Waals surface area contributed by atoms with Crippen LogP contribution in [0.2, 0.25) is 0 Å². The summed E-state index contributed by atoms with van der Waals surface area (Å²) in [7, 11) is 0. The summed E-state index contributed by atoms with van der Waals surface area (Å²) in [6, 6.07) is 0. The third-order valence-electron chi connectivity index (χ3n) is 2.96. The highest BCUT2D eigenvalue weighted by Crippen LogP contribution is 2.20.